The number of nitrogens with zero attached hydrogens (tertiary/aromatic N) is 2. The number of aliphatic hydroxyl groups is 1. The number of methoxy groups -OCH3 is 1. The topological polar surface area (TPSA) is 94.1 Å². The van der Waals surface area contributed by atoms with E-state index in [1.54, 1.807) is 18.2 Å². The molecule has 0 bridgehead atoms. The van der Waals surface area contributed by atoms with Gasteiger partial charge in [0.15, 0.2) is 0 Å². The van der Waals surface area contributed by atoms with Crippen molar-refractivity contribution in [1.29, 1.82) is 0 Å². The number of ether oxygens (including phenoxy) is 1. The third-order valence-electron chi connectivity index (χ3n) is 4.92. The summed E-state index contributed by atoms with van der Waals surface area (Å²) in [7, 11) is 1.50. The van der Waals surface area contributed by atoms with Crippen molar-refractivity contribution in [2.75, 3.05) is 64.8 Å². The van der Waals surface area contributed by atoms with Crippen molar-refractivity contribution in [3.05, 3.63) is 35.5 Å². The number of nitrogens with one attached hydrogen (secondary N) is 2. The molecule has 1 saturated heterocycles. The number of hydrogen-bond acceptors (Lipinski definition) is 7. The van der Waals surface area contributed by atoms with E-state index in [0.29, 0.717) is 23.5 Å². The van der Waals surface area contributed by atoms with Crippen molar-refractivity contribution in [2.45, 2.75) is 0 Å². The van der Waals surface area contributed by atoms with E-state index in [4.69, 9.17) is 9.84 Å². The van der Waals surface area contributed by atoms with Crippen LogP contribution in [0.4, 0.5) is 5.69 Å². The number of para-hydroxylation sites is 1. The molecule has 2 heterocycles. The summed E-state index contributed by atoms with van der Waals surface area (Å²) >= 11 is 0. The summed E-state index contributed by atoms with van der Waals surface area (Å²) in [5.41, 5.74) is 0.957. The van der Waals surface area contributed by atoms with Gasteiger partial charge in [-0.3, -0.25) is 19.4 Å². The minimum absolute atomic E-state index is 0.100. The standard InChI is InChI=1S/C19H26N4O4/c1-27-16-4-2-3-14-17(16)21-19(26)15(18(14)25)13-20-5-6-22-7-9-23(10-8-22)11-12-24/h2-4,13,20,24H,5-12H2,1H3,(H,21,26)/b15-13-. The number of benzene rings is 1. The Morgan fingerprint density at radius 2 is 1.89 bits per heavy atom. The van der Waals surface area contributed by atoms with E-state index in [2.05, 4.69) is 20.4 Å². The van der Waals surface area contributed by atoms with Gasteiger partial charge in [-0.1, -0.05) is 6.07 Å². The largest absolute Gasteiger partial charge is 0.495 e. The Balaban J connectivity index is 1.53. The SMILES string of the molecule is COc1cccc2c1NC(=O)/C(=C\NCCN1CCN(CCO)CC1)C2=O. The van der Waals surface area contributed by atoms with E-state index in [0.717, 1.165) is 39.3 Å². The van der Waals surface area contributed by atoms with Gasteiger partial charge in [0.25, 0.3) is 5.91 Å². The molecule has 0 saturated carbocycles. The quantitative estimate of drug-likeness (QED) is 0.349. The van der Waals surface area contributed by atoms with E-state index >= 15 is 0 Å². The summed E-state index contributed by atoms with van der Waals surface area (Å²) in [6, 6.07) is 5.12. The van der Waals surface area contributed by atoms with Crippen LogP contribution in [0, 0.1) is 0 Å². The Labute approximate surface area is 158 Å². The molecule has 27 heavy (non-hydrogen) atoms. The Kier molecular flexibility index (Phi) is 6.44. The third-order valence-corrected chi connectivity index (χ3v) is 4.92. The summed E-state index contributed by atoms with van der Waals surface area (Å²) in [4.78, 5) is 29.5. The summed E-state index contributed by atoms with van der Waals surface area (Å²) in [5.74, 6) is -0.263. The molecule has 0 atom stereocenters. The molecular weight excluding hydrogens is 348 g/mol. The van der Waals surface area contributed by atoms with Crippen LogP contribution in [0.3, 0.4) is 0 Å². The summed E-state index contributed by atoms with van der Waals surface area (Å²) in [5, 5.41) is 14.8. The highest BCUT2D eigenvalue weighted by Crippen LogP contribution is 2.33. The zero-order valence-electron chi connectivity index (χ0n) is 15.5. The Morgan fingerprint density at radius 1 is 1.19 bits per heavy atom. The van der Waals surface area contributed by atoms with Gasteiger partial charge in [0.05, 0.1) is 25.0 Å². The number of ketones is 1. The number of carbonyl (C=O) groups excluding carboxylic acids is 2. The molecule has 2 aliphatic rings. The van der Waals surface area contributed by atoms with Crippen LogP contribution >= 0.6 is 0 Å². The minimum Gasteiger partial charge on any atom is -0.495 e. The summed E-state index contributed by atoms with van der Waals surface area (Å²) in [6.07, 6.45) is 1.50. The van der Waals surface area contributed by atoms with Crippen LogP contribution in [0.25, 0.3) is 0 Å². The lowest BCUT2D eigenvalue weighted by molar-refractivity contribution is -0.112. The molecular formula is C19H26N4O4. The van der Waals surface area contributed by atoms with Crippen LogP contribution in [0.1, 0.15) is 10.4 Å². The summed E-state index contributed by atoms with van der Waals surface area (Å²) < 4.78 is 5.21. The molecule has 8 heteroatoms. The lowest BCUT2D eigenvalue weighted by atomic mass is 9.97. The number of hydrogen-bond donors (Lipinski definition) is 3. The van der Waals surface area contributed by atoms with Gasteiger partial charge in [-0.2, -0.15) is 0 Å². The van der Waals surface area contributed by atoms with Crippen LogP contribution in [0.15, 0.2) is 30.0 Å². The molecule has 0 aromatic heterocycles. The zero-order chi connectivity index (χ0) is 19.2. The molecule has 0 aliphatic carbocycles. The Bertz CT molecular complexity index is 726. The van der Waals surface area contributed by atoms with Crippen LogP contribution in [0.5, 0.6) is 5.75 Å². The second kappa shape index (κ2) is 8.98. The van der Waals surface area contributed by atoms with Crippen LogP contribution in [0.2, 0.25) is 0 Å². The lowest BCUT2D eigenvalue weighted by Crippen LogP contribution is -2.48. The normalized spacial score (nSPS) is 19.7. The smallest absolute Gasteiger partial charge is 0.261 e. The third kappa shape index (κ3) is 4.47. The summed E-state index contributed by atoms with van der Waals surface area (Å²) in [6.45, 7) is 6.19. The predicted octanol–water partition coefficient (Wildman–Crippen LogP) is -0.0866. The van der Waals surface area contributed by atoms with Gasteiger partial charge in [-0.05, 0) is 12.1 Å². The van der Waals surface area contributed by atoms with Gasteiger partial charge in [0, 0.05) is 52.0 Å². The first-order valence-electron chi connectivity index (χ1n) is 9.16. The van der Waals surface area contributed by atoms with E-state index < -0.39 is 5.91 Å². The second-order valence-corrected chi connectivity index (χ2v) is 6.59. The molecule has 3 N–H and O–H groups in total. The molecule has 0 spiro atoms. The average Bonchev–Trinajstić information content (AvgIpc) is 2.68. The number of anilines is 1. The molecule has 146 valence electrons. The molecule has 1 amide bonds. The van der Waals surface area contributed by atoms with Gasteiger partial charge >= 0.3 is 0 Å². The lowest BCUT2D eigenvalue weighted by Gasteiger charge is -2.34. The van der Waals surface area contributed by atoms with Crippen LogP contribution in [-0.2, 0) is 4.79 Å². The van der Waals surface area contributed by atoms with Crippen LogP contribution in [-0.4, -0.2) is 86.1 Å². The number of amides is 1. The van der Waals surface area contributed by atoms with Crippen molar-refractivity contribution >= 4 is 17.4 Å². The maximum Gasteiger partial charge on any atom is 0.261 e. The van der Waals surface area contributed by atoms with Gasteiger partial charge in [0.1, 0.15) is 11.3 Å². The van der Waals surface area contributed by atoms with Gasteiger partial charge in [-0.25, -0.2) is 0 Å². The van der Waals surface area contributed by atoms with E-state index in [1.807, 2.05) is 0 Å². The van der Waals surface area contributed by atoms with Crippen LogP contribution < -0.4 is 15.4 Å². The molecule has 1 aromatic carbocycles. The van der Waals surface area contributed by atoms with E-state index in [-0.39, 0.29) is 18.0 Å². The first-order chi connectivity index (χ1) is 13.1. The second-order valence-electron chi connectivity index (χ2n) is 6.59. The van der Waals surface area contributed by atoms with Crippen molar-refractivity contribution in [1.82, 2.24) is 15.1 Å². The first-order valence-corrected chi connectivity index (χ1v) is 9.16. The van der Waals surface area contributed by atoms with Crippen molar-refractivity contribution in [2.24, 2.45) is 0 Å². The Hall–Kier alpha value is -2.42. The molecule has 0 unspecified atom stereocenters. The number of piperazine rings is 1. The van der Waals surface area contributed by atoms with E-state index in [1.165, 1.54) is 13.3 Å². The highest BCUT2D eigenvalue weighted by molar-refractivity contribution is 6.34. The van der Waals surface area contributed by atoms with Crippen molar-refractivity contribution < 1.29 is 19.4 Å². The number of rotatable bonds is 7. The average molecular weight is 374 g/mol. The molecule has 2 aliphatic heterocycles. The molecule has 1 aromatic rings. The predicted molar refractivity (Wildman–Crippen MR) is 102 cm³/mol. The maximum atomic E-state index is 12.6. The maximum absolute atomic E-state index is 12.6. The highest BCUT2D eigenvalue weighted by Gasteiger charge is 2.30. The fraction of sp³-hybridized carbons (Fsp3) is 0.474. The number of carbonyl (C=O) groups is 2. The highest BCUT2D eigenvalue weighted by atomic mass is 16.5. The zero-order valence-corrected chi connectivity index (χ0v) is 15.5. The molecule has 1 fully saturated rings. The molecule has 8 nitrogen and oxygen atoms in total. The monoisotopic (exact) mass is 374 g/mol. The Morgan fingerprint density at radius 3 is 2.56 bits per heavy atom. The molecule has 0 radical (unpaired) electrons. The number of fused-ring (bicyclic) bond motifs is 1. The number of Topliss-reactive ketones (excluding diaryl/α,β-unsaturated/α-hetero) is 1. The number of β-amino-alcohol motifs (C(OH)–C–C–N with tert-alkyl or cyclic N) is 1. The fourth-order valence-corrected chi connectivity index (χ4v) is 3.35. The van der Waals surface area contributed by atoms with Gasteiger partial charge in [0.2, 0.25) is 5.78 Å². The van der Waals surface area contributed by atoms with E-state index in [9.17, 15) is 9.59 Å². The van der Waals surface area contributed by atoms with Crippen molar-refractivity contribution in [3.63, 3.8) is 0 Å². The fourth-order valence-electron chi connectivity index (χ4n) is 3.35. The van der Waals surface area contributed by atoms with Gasteiger partial charge in [-0.15, -0.1) is 0 Å². The number of aliphatic hydroxyl groups excluding tert-OH is 1. The van der Waals surface area contributed by atoms with Crippen molar-refractivity contribution in [3.8, 4) is 5.75 Å². The van der Waals surface area contributed by atoms with Gasteiger partial charge < -0.3 is 20.5 Å². The minimum atomic E-state index is -0.429. The molecule has 3 rings (SSSR count). The first kappa shape index (κ1) is 19.3.